The summed E-state index contributed by atoms with van der Waals surface area (Å²) in [5, 5.41) is 15.5. The van der Waals surface area contributed by atoms with Crippen molar-refractivity contribution in [2.45, 2.75) is 97.5 Å². The van der Waals surface area contributed by atoms with E-state index >= 15 is 0 Å². The summed E-state index contributed by atoms with van der Waals surface area (Å²) in [5.41, 5.74) is 0.854. The van der Waals surface area contributed by atoms with Crippen molar-refractivity contribution >= 4 is 24.0 Å². The normalized spacial score (nSPS) is 13.9. The molecule has 3 atom stereocenters. The summed E-state index contributed by atoms with van der Waals surface area (Å²) in [6.45, 7) is 18.6. The fourth-order valence-electron chi connectivity index (χ4n) is 4.23. The lowest BCUT2D eigenvalue weighted by molar-refractivity contribution is -0.145. The molecule has 0 spiro atoms. The standard InChI is InChI=1S/C32H45N3O5/c1-10-21(3)35(27(28(37)34-31(4,5)6)24-14-12-13-22(11-2)19-24)29(38)26(33-30(39)40-32(7,8)9)20-23-15-17-25(36)18-16-23/h11-19,21,26-27,36H,2,10,20H2,1,3-9H3,(H,33,39)(H,34,37). The number of aromatic hydroxyl groups is 1. The van der Waals surface area contributed by atoms with Crippen molar-refractivity contribution in [3.63, 3.8) is 0 Å². The molecule has 0 saturated carbocycles. The molecule has 0 radical (unpaired) electrons. The van der Waals surface area contributed by atoms with Gasteiger partial charge in [0.1, 0.15) is 23.4 Å². The van der Waals surface area contributed by atoms with Gasteiger partial charge in [0.2, 0.25) is 11.8 Å². The molecule has 0 aromatic heterocycles. The third kappa shape index (κ3) is 9.74. The molecule has 0 aliphatic rings. The molecule has 2 aromatic rings. The van der Waals surface area contributed by atoms with Crippen LogP contribution >= 0.6 is 0 Å². The number of alkyl carbamates (subject to hydrolysis) is 1. The molecule has 0 heterocycles. The van der Waals surface area contributed by atoms with Gasteiger partial charge >= 0.3 is 6.09 Å². The Morgan fingerprint density at radius 3 is 2.20 bits per heavy atom. The third-order valence-electron chi connectivity index (χ3n) is 6.17. The van der Waals surface area contributed by atoms with Crippen LogP contribution in [0.1, 0.15) is 84.5 Å². The Morgan fingerprint density at radius 1 is 1.05 bits per heavy atom. The van der Waals surface area contributed by atoms with Gasteiger partial charge in [-0.15, -0.1) is 0 Å². The zero-order chi connectivity index (χ0) is 30.3. The second-order valence-corrected chi connectivity index (χ2v) is 12.1. The highest BCUT2D eigenvalue weighted by atomic mass is 16.6. The second kappa shape index (κ2) is 13.5. The maximum Gasteiger partial charge on any atom is 0.408 e. The Labute approximate surface area is 238 Å². The number of nitrogens with zero attached hydrogens (tertiary/aromatic N) is 1. The largest absolute Gasteiger partial charge is 0.508 e. The number of benzene rings is 2. The Bertz CT molecular complexity index is 1180. The van der Waals surface area contributed by atoms with E-state index in [1.807, 2.05) is 58.9 Å². The highest BCUT2D eigenvalue weighted by Gasteiger charge is 2.39. The van der Waals surface area contributed by atoms with Crippen LogP contribution < -0.4 is 10.6 Å². The van der Waals surface area contributed by atoms with Crippen molar-refractivity contribution < 1.29 is 24.2 Å². The molecule has 8 heteroatoms. The maximum absolute atomic E-state index is 14.5. The second-order valence-electron chi connectivity index (χ2n) is 12.1. The molecule has 0 saturated heterocycles. The van der Waals surface area contributed by atoms with Crippen LogP contribution in [0.15, 0.2) is 55.1 Å². The van der Waals surface area contributed by atoms with Crippen LogP contribution in [0.5, 0.6) is 5.75 Å². The smallest absolute Gasteiger partial charge is 0.408 e. The van der Waals surface area contributed by atoms with Gasteiger partial charge in [0.15, 0.2) is 0 Å². The van der Waals surface area contributed by atoms with E-state index in [1.54, 1.807) is 43.9 Å². The quantitative estimate of drug-likeness (QED) is 0.348. The van der Waals surface area contributed by atoms with Crippen molar-refractivity contribution in [1.82, 2.24) is 15.5 Å². The molecule has 2 rings (SSSR count). The van der Waals surface area contributed by atoms with E-state index in [2.05, 4.69) is 17.2 Å². The van der Waals surface area contributed by atoms with Crippen molar-refractivity contribution in [3.8, 4) is 5.75 Å². The van der Waals surface area contributed by atoms with Crippen LogP contribution in [-0.4, -0.2) is 51.1 Å². The summed E-state index contributed by atoms with van der Waals surface area (Å²) in [4.78, 5) is 42.8. The molecular formula is C32H45N3O5. The van der Waals surface area contributed by atoms with E-state index in [9.17, 15) is 19.5 Å². The molecule has 0 fully saturated rings. The number of phenols is 1. The van der Waals surface area contributed by atoms with Gasteiger partial charge in [0.25, 0.3) is 0 Å². The number of carbonyl (C=O) groups excluding carboxylic acids is 3. The summed E-state index contributed by atoms with van der Waals surface area (Å²) in [7, 11) is 0. The topological polar surface area (TPSA) is 108 Å². The summed E-state index contributed by atoms with van der Waals surface area (Å²) in [6, 6.07) is 11.4. The zero-order valence-corrected chi connectivity index (χ0v) is 25.1. The predicted molar refractivity (Wildman–Crippen MR) is 159 cm³/mol. The SMILES string of the molecule is C=Cc1cccc(C(C(=O)NC(C)(C)C)N(C(=O)C(Cc2ccc(O)cc2)NC(=O)OC(C)(C)C)C(C)CC)c1. The van der Waals surface area contributed by atoms with E-state index < -0.39 is 35.2 Å². The molecule has 2 aromatic carbocycles. The van der Waals surface area contributed by atoms with Gasteiger partial charge in [-0.25, -0.2) is 4.79 Å². The van der Waals surface area contributed by atoms with Gasteiger partial charge in [-0.3, -0.25) is 9.59 Å². The van der Waals surface area contributed by atoms with E-state index in [-0.39, 0.29) is 24.1 Å². The average Bonchev–Trinajstić information content (AvgIpc) is 2.85. The number of hydrogen-bond acceptors (Lipinski definition) is 5. The van der Waals surface area contributed by atoms with E-state index in [4.69, 9.17) is 4.74 Å². The summed E-state index contributed by atoms with van der Waals surface area (Å²) in [5.74, 6) is -0.664. The highest BCUT2D eigenvalue weighted by molar-refractivity contribution is 5.93. The third-order valence-corrected chi connectivity index (χ3v) is 6.17. The number of rotatable bonds is 10. The van der Waals surface area contributed by atoms with E-state index in [1.165, 1.54) is 12.1 Å². The summed E-state index contributed by atoms with van der Waals surface area (Å²) in [6.07, 6.45) is 1.66. The number of carbonyl (C=O) groups is 3. The lowest BCUT2D eigenvalue weighted by Crippen LogP contribution is -2.57. The molecule has 3 N–H and O–H groups in total. The van der Waals surface area contributed by atoms with Gasteiger partial charge in [-0.2, -0.15) is 0 Å². The van der Waals surface area contributed by atoms with Crippen molar-refractivity contribution in [1.29, 1.82) is 0 Å². The Hall–Kier alpha value is -3.81. The summed E-state index contributed by atoms with van der Waals surface area (Å²) >= 11 is 0. The van der Waals surface area contributed by atoms with Gasteiger partial charge in [-0.05, 0) is 89.8 Å². The van der Waals surface area contributed by atoms with Crippen molar-refractivity contribution in [2.24, 2.45) is 0 Å². The lowest BCUT2D eigenvalue weighted by Gasteiger charge is -2.39. The number of hydrogen-bond donors (Lipinski definition) is 3. The molecule has 8 nitrogen and oxygen atoms in total. The molecule has 0 aliphatic carbocycles. The highest BCUT2D eigenvalue weighted by Crippen LogP contribution is 2.28. The average molecular weight is 552 g/mol. The van der Waals surface area contributed by atoms with E-state index in [0.29, 0.717) is 12.0 Å². The monoisotopic (exact) mass is 551 g/mol. The number of ether oxygens (including phenoxy) is 1. The minimum atomic E-state index is -1.04. The van der Waals surface area contributed by atoms with E-state index in [0.717, 1.165) is 11.1 Å². The Morgan fingerprint density at radius 2 is 1.68 bits per heavy atom. The van der Waals surface area contributed by atoms with Gasteiger partial charge in [0.05, 0.1) is 0 Å². The minimum Gasteiger partial charge on any atom is -0.508 e. The molecule has 0 aliphatic heterocycles. The fourth-order valence-corrected chi connectivity index (χ4v) is 4.23. The Balaban J connectivity index is 2.64. The van der Waals surface area contributed by atoms with Crippen LogP contribution in [-0.2, 0) is 20.7 Å². The van der Waals surface area contributed by atoms with Crippen LogP contribution in [0.25, 0.3) is 6.08 Å². The minimum absolute atomic E-state index is 0.0916. The predicted octanol–water partition coefficient (Wildman–Crippen LogP) is 5.75. The zero-order valence-electron chi connectivity index (χ0n) is 25.1. The molecule has 3 amide bonds. The molecular weight excluding hydrogens is 506 g/mol. The van der Waals surface area contributed by atoms with Crippen LogP contribution in [0.3, 0.4) is 0 Å². The molecule has 3 unspecified atom stereocenters. The number of amides is 3. The Kier molecular flexibility index (Phi) is 10.9. The van der Waals surface area contributed by atoms with Crippen molar-refractivity contribution in [3.05, 3.63) is 71.8 Å². The van der Waals surface area contributed by atoms with Crippen LogP contribution in [0.2, 0.25) is 0 Å². The first-order valence-electron chi connectivity index (χ1n) is 13.7. The number of phenolic OH excluding ortho intramolecular Hbond substituents is 1. The first kappa shape index (κ1) is 32.4. The lowest BCUT2D eigenvalue weighted by atomic mass is 9.96. The fraction of sp³-hybridized carbons (Fsp3) is 0.469. The van der Waals surface area contributed by atoms with Crippen molar-refractivity contribution in [2.75, 3.05) is 0 Å². The van der Waals surface area contributed by atoms with Crippen LogP contribution in [0, 0.1) is 0 Å². The van der Waals surface area contributed by atoms with Gasteiger partial charge in [0, 0.05) is 18.0 Å². The first-order chi connectivity index (χ1) is 18.5. The molecule has 0 bridgehead atoms. The summed E-state index contributed by atoms with van der Waals surface area (Å²) < 4.78 is 5.48. The molecule has 40 heavy (non-hydrogen) atoms. The van der Waals surface area contributed by atoms with Crippen LogP contribution in [0.4, 0.5) is 4.79 Å². The maximum atomic E-state index is 14.5. The molecule has 218 valence electrons. The number of nitrogens with one attached hydrogen (secondary N) is 2. The first-order valence-corrected chi connectivity index (χ1v) is 13.7. The van der Waals surface area contributed by atoms with Gasteiger partial charge in [-0.1, -0.05) is 49.9 Å². The van der Waals surface area contributed by atoms with Gasteiger partial charge < -0.3 is 25.4 Å².